The maximum atomic E-state index is 12.8. The molecular formula is C28H25BrN2OS. The summed E-state index contributed by atoms with van der Waals surface area (Å²) in [5.41, 5.74) is 5.17. The minimum absolute atomic E-state index is 0.234. The fourth-order valence-corrected chi connectivity index (χ4v) is 5.69. The van der Waals surface area contributed by atoms with Crippen molar-refractivity contribution in [3.8, 4) is 16.9 Å². The number of carbonyl (C=O) groups excluding carboxylic acids is 1. The number of thiazole rings is 1. The summed E-state index contributed by atoms with van der Waals surface area (Å²) in [7, 11) is 0. The van der Waals surface area contributed by atoms with E-state index >= 15 is 0 Å². The van der Waals surface area contributed by atoms with Gasteiger partial charge >= 0.3 is 0 Å². The molecule has 4 aromatic rings. The molecule has 1 aliphatic carbocycles. The Morgan fingerprint density at radius 3 is 2.27 bits per heavy atom. The van der Waals surface area contributed by atoms with Gasteiger partial charge in [0, 0.05) is 21.1 Å². The van der Waals surface area contributed by atoms with Gasteiger partial charge in [-0.2, -0.15) is 4.99 Å². The monoisotopic (exact) mass is 516 g/mol. The van der Waals surface area contributed by atoms with Crippen LogP contribution in [0, 0.1) is 0 Å². The van der Waals surface area contributed by atoms with Gasteiger partial charge in [0.05, 0.1) is 5.69 Å². The number of rotatable bonds is 4. The zero-order chi connectivity index (χ0) is 22.6. The zero-order valence-corrected chi connectivity index (χ0v) is 20.7. The first-order chi connectivity index (χ1) is 16.2. The van der Waals surface area contributed by atoms with Crippen LogP contribution < -0.4 is 4.80 Å². The number of carbonyl (C=O) groups is 1. The van der Waals surface area contributed by atoms with E-state index in [9.17, 15) is 4.79 Å². The first-order valence-corrected chi connectivity index (χ1v) is 13.1. The lowest BCUT2D eigenvalue weighted by molar-refractivity contribution is 0.0998. The molecule has 166 valence electrons. The molecule has 0 saturated heterocycles. The Hall–Kier alpha value is -2.76. The number of hydrogen-bond donors (Lipinski definition) is 0. The third-order valence-corrected chi connectivity index (χ3v) is 7.65. The second-order valence-corrected chi connectivity index (χ2v) is 10.2. The van der Waals surface area contributed by atoms with Crippen LogP contribution in [0.25, 0.3) is 16.9 Å². The molecule has 5 rings (SSSR count). The van der Waals surface area contributed by atoms with Gasteiger partial charge in [-0.3, -0.25) is 9.36 Å². The predicted molar refractivity (Wildman–Crippen MR) is 139 cm³/mol. The van der Waals surface area contributed by atoms with Crippen molar-refractivity contribution in [3.05, 3.63) is 105 Å². The van der Waals surface area contributed by atoms with Crippen LogP contribution in [-0.2, 0) is 0 Å². The minimum Gasteiger partial charge on any atom is -0.285 e. The average Bonchev–Trinajstić information content (AvgIpc) is 3.29. The summed E-state index contributed by atoms with van der Waals surface area (Å²) in [6, 6.07) is 26.3. The summed E-state index contributed by atoms with van der Waals surface area (Å²) in [6.07, 6.45) is 6.62. The lowest BCUT2D eigenvalue weighted by Gasteiger charge is -2.22. The molecule has 33 heavy (non-hydrogen) atoms. The number of hydrogen-bond acceptors (Lipinski definition) is 2. The Bertz CT molecular complexity index is 1300. The number of benzene rings is 3. The molecule has 0 aliphatic heterocycles. The summed E-state index contributed by atoms with van der Waals surface area (Å²) >= 11 is 5.01. The molecule has 1 saturated carbocycles. The molecule has 0 unspecified atom stereocenters. The first-order valence-electron chi connectivity index (χ1n) is 11.4. The van der Waals surface area contributed by atoms with Crippen LogP contribution in [0.2, 0.25) is 0 Å². The van der Waals surface area contributed by atoms with Gasteiger partial charge in [-0.05, 0) is 66.3 Å². The second-order valence-electron chi connectivity index (χ2n) is 8.46. The van der Waals surface area contributed by atoms with E-state index in [0.29, 0.717) is 16.3 Å². The van der Waals surface area contributed by atoms with Gasteiger partial charge in [0.2, 0.25) is 0 Å². The molecule has 0 bridgehead atoms. The number of halogens is 1. The summed E-state index contributed by atoms with van der Waals surface area (Å²) in [6.45, 7) is 0. The van der Waals surface area contributed by atoms with E-state index in [2.05, 4.69) is 55.1 Å². The van der Waals surface area contributed by atoms with E-state index < -0.39 is 0 Å². The molecule has 1 aliphatic rings. The van der Waals surface area contributed by atoms with Gasteiger partial charge < -0.3 is 0 Å². The number of amides is 1. The van der Waals surface area contributed by atoms with Crippen molar-refractivity contribution in [1.82, 2.24) is 4.57 Å². The van der Waals surface area contributed by atoms with Gasteiger partial charge in [0.25, 0.3) is 5.91 Å². The molecule has 0 radical (unpaired) electrons. The fourth-order valence-electron chi connectivity index (χ4n) is 4.52. The van der Waals surface area contributed by atoms with Crippen molar-refractivity contribution >= 4 is 33.2 Å². The molecule has 1 aromatic heterocycles. The molecule has 1 amide bonds. The second kappa shape index (κ2) is 10.0. The third kappa shape index (κ3) is 4.94. The van der Waals surface area contributed by atoms with Gasteiger partial charge in [-0.25, -0.2) is 0 Å². The van der Waals surface area contributed by atoms with Gasteiger partial charge in [0.15, 0.2) is 4.80 Å². The third-order valence-electron chi connectivity index (χ3n) is 6.29. The highest BCUT2D eigenvalue weighted by molar-refractivity contribution is 9.10. The van der Waals surface area contributed by atoms with E-state index in [0.717, 1.165) is 21.4 Å². The smallest absolute Gasteiger partial charge is 0.279 e. The highest BCUT2D eigenvalue weighted by Gasteiger charge is 2.17. The van der Waals surface area contributed by atoms with E-state index in [1.165, 1.54) is 49.0 Å². The highest BCUT2D eigenvalue weighted by atomic mass is 79.9. The quantitative estimate of drug-likeness (QED) is 0.273. The Morgan fingerprint density at radius 1 is 0.879 bits per heavy atom. The van der Waals surface area contributed by atoms with E-state index in [4.69, 9.17) is 0 Å². The Morgan fingerprint density at radius 2 is 1.58 bits per heavy atom. The summed E-state index contributed by atoms with van der Waals surface area (Å²) < 4.78 is 3.09. The molecular weight excluding hydrogens is 492 g/mol. The summed E-state index contributed by atoms with van der Waals surface area (Å²) in [5.74, 6) is 0.449. The van der Waals surface area contributed by atoms with Crippen LogP contribution in [-0.4, -0.2) is 10.5 Å². The van der Waals surface area contributed by atoms with Crippen molar-refractivity contribution in [3.63, 3.8) is 0 Å². The molecule has 5 heteroatoms. The molecule has 0 spiro atoms. The van der Waals surface area contributed by atoms with Crippen LogP contribution in [0.1, 0.15) is 53.9 Å². The van der Waals surface area contributed by atoms with E-state index in [1.54, 1.807) is 12.1 Å². The van der Waals surface area contributed by atoms with Crippen molar-refractivity contribution in [2.24, 2.45) is 4.99 Å². The summed E-state index contributed by atoms with van der Waals surface area (Å²) in [5, 5.41) is 2.09. The van der Waals surface area contributed by atoms with E-state index in [1.807, 2.05) is 42.5 Å². The van der Waals surface area contributed by atoms with Crippen LogP contribution in [0.3, 0.4) is 0 Å². The normalized spacial score (nSPS) is 15.0. The number of aromatic nitrogens is 1. The Labute approximate surface area is 206 Å². The standard InChI is InChI=1S/C28H25BrN2OS/c29-24-15-17-25(18-16-24)31-26(19-33-28(31)30-27(32)23-9-5-2-6-10-23)22-13-11-21(12-14-22)20-7-3-1-4-8-20/h2,5-6,9-20H,1,3-4,7-8H2. The van der Waals surface area contributed by atoms with Crippen LogP contribution in [0.15, 0.2) is 93.7 Å². The van der Waals surface area contributed by atoms with Crippen molar-refractivity contribution in [2.75, 3.05) is 0 Å². The first kappa shape index (κ1) is 22.1. The van der Waals surface area contributed by atoms with E-state index in [-0.39, 0.29) is 5.91 Å². The van der Waals surface area contributed by atoms with Crippen LogP contribution in [0.4, 0.5) is 0 Å². The van der Waals surface area contributed by atoms with Gasteiger partial charge in [-0.15, -0.1) is 11.3 Å². The molecule has 1 heterocycles. The lowest BCUT2D eigenvalue weighted by atomic mass is 9.84. The molecule has 3 nitrogen and oxygen atoms in total. The minimum atomic E-state index is -0.234. The topological polar surface area (TPSA) is 34.4 Å². The van der Waals surface area contributed by atoms with Gasteiger partial charge in [0.1, 0.15) is 0 Å². The highest BCUT2D eigenvalue weighted by Crippen LogP contribution is 2.34. The molecule has 0 N–H and O–H groups in total. The predicted octanol–water partition coefficient (Wildman–Crippen LogP) is 7.76. The Balaban J connectivity index is 1.57. The SMILES string of the molecule is O=C(N=c1scc(-c2ccc(C3CCCCC3)cc2)n1-c1ccc(Br)cc1)c1ccccc1. The maximum absolute atomic E-state index is 12.8. The average molecular weight is 517 g/mol. The Kier molecular flexibility index (Phi) is 6.70. The lowest BCUT2D eigenvalue weighted by Crippen LogP contribution is -2.16. The van der Waals surface area contributed by atoms with Crippen LogP contribution >= 0.6 is 27.3 Å². The largest absolute Gasteiger partial charge is 0.285 e. The van der Waals surface area contributed by atoms with Crippen molar-refractivity contribution in [2.45, 2.75) is 38.0 Å². The molecule has 1 fully saturated rings. The molecule has 0 atom stereocenters. The van der Waals surface area contributed by atoms with Crippen LogP contribution in [0.5, 0.6) is 0 Å². The number of nitrogens with zero attached hydrogens (tertiary/aromatic N) is 2. The molecule has 3 aromatic carbocycles. The van der Waals surface area contributed by atoms with Gasteiger partial charge in [-0.1, -0.05) is 77.7 Å². The van der Waals surface area contributed by atoms with Crippen molar-refractivity contribution < 1.29 is 4.79 Å². The fraction of sp³-hybridized carbons (Fsp3) is 0.214. The van der Waals surface area contributed by atoms with Crippen molar-refractivity contribution in [1.29, 1.82) is 0 Å². The summed E-state index contributed by atoms with van der Waals surface area (Å²) in [4.78, 5) is 18.0. The maximum Gasteiger partial charge on any atom is 0.279 e. The zero-order valence-electron chi connectivity index (χ0n) is 18.3.